The van der Waals surface area contributed by atoms with E-state index in [9.17, 15) is 0 Å². The molecule has 3 heteroatoms. The molecule has 0 aromatic rings. The number of ether oxygens (including phenoxy) is 1. The summed E-state index contributed by atoms with van der Waals surface area (Å²) in [6, 6.07) is 0. The third-order valence-corrected chi connectivity index (χ3v) is 1.91. The van der Waals surface area contributed by atoms with Gasteiger partial charge < -0.3 is 9.84 Å². The van der Waals surface area contributed by atoms with Crippen molar-refractivity contribution in [3.8, 4) is 0 Å². The van der Waals surface area contributed by atoms with Crippen LogP contribution in [0, 0.1) is 0 Å². The standard InChI is InChI=1S/C6H14O2S/c1-8-4-6-9-5-2-3-7/h7H,2-6H2,1H3. The van der Waals surface area contributed by atoms with Gasteiger partial charge in [0.15, 0.2) is 0 Å². The summed E-state index contributed by atoms with van der Waals surface area (Å²) >= 11 is 1.82. The lowest BCUT2D eigenvalue weighted by Crippen LogP contribution is -1.93. The SMILES string of the molecule is COCCSCCCO. The van der Waals surface area contributed by atoms with E-state index in [4.69, 9.17) is 9.84 Å². The normalized spacial score (nSPS) is 10.0. The first-order valence-corrected chi connectivity index (χ1v) is 4.25. The van der Waals surface area contributed by atoms with E-state index in [2.05, 4.69) is 0 Å². The number of aliphatic hydroxyl groups excluding tert-OH is 1. The Labute approximate surface area is 60.6 Å². The zero-order chi connectivity index (χ0) is 6.95. The molecular weight excluding hydrogens is 136 g/mol. The van der Waals surface area contributed by atoms with Crippen LogP contribution in [0.2, 0.25) is 0 Å². The van der Waals surface area contributed by atoms with Crippen molar-refractivity contribution in [1.29, 1.82) is 0 Å². The van der Waals surface area contributed by atoms with Crippen molar-refractivity contribution in [3.05, 3.63) is 0 Å². The topological polar surface area (TPSA) is 29.5 Å². The maximum absolute atomic E-state index is 8.38. The molecule has 0 bridgehead atoms. The predicted molar refractivity (Wildman–Crippen MR) is 40.9 cm³/mol. The molecule has 0 saturated heterocycles. The predicted octanol–water partition coefficient (Wildman–Crippen LogP) is 0.748. The van der Waals surface area contributed by atoms with Crippen LogP contribution in [0.1, 0.15) is 6.42 Å². The number of rotatable bonds is 6. The highest BCUT2D eigenvalue weighted by atomic mass is 32.2. The first-order valence-electron chi connectivity index (χ1n) is 3.09. The van der Waals surface area contributed by atoms with E-state index in [-0.39, 0.29) is 0 Å². The van der Waals surface area contributed by atoms with Crippen LogP contribution >= 0.6 is 11.8 Å². The molecule has 0 aliphatic rings. The van der Waals surface area contributed by atoms with Gasteiger partial charge in [-0.1, -0.05) is 0 Å². The summed E-state index contributed by atoms with van der Waals surface area (Å²) < 4.78 is 4.84. The summed E-state index contributed by atoms with van der Waals surface area (Å²) in [5, 5.41) is 8.38. The molecule has 0 aromatic heterocycles. The van der Waals surface area contributed by atoms with Crippen molar-refractivity contribution in [2.75, 3.05) is 31.8 Å². The van der Waals surface area contributed by atoms with E-state index >= 15 is 0 Å². The highest BCUT2D eigenvalue weighted by molar-refractivity contribution is 7.99. The minimum absolute atomic E-state index is 0.306. The van der Waals surface area contributed by atoms with E-state index in [1.165, 1.54) is 0 Å². The van der Waals surface area contributed by atoms with Gasteiger partial charge in [-0.2, -0.15) is 11.8 Å². The van der Waals surface area contributed by atoms with Gasteiger partial charge in [0.05, 0.1) is 6.61 Å². The molecule has 0 aromatic carbocycles. The van der Waals surface area contributed by atoms with Gasteiger partial charge >= 0.3 is 0 Å². The van der Waals surface area contributed by atoms with Gasteiger partial charge in [-0.05, 0) is 12.2 Å². The van der Waals surface area contributed by atoms with Crippen LogP contribution in [-0.2, 0) is 4.74 Å². The quantitative estimate of drug-likeness (QED) is 0.566. The van der Waals surface area contributed by atoms with Crippen molar-refractivity contribution in [3.63, 3.8) is 0 Å². The molecule has 2 nitrogen and oxygen atoms in total. The number of aliphatic hydroxyl groups is 1. The van der Waals surface area contributed by atoms with Crippen LogP contribution in [0.5, 0.6) is 0 Å². The average molecular weight is 150 g/mol. The van der Waals surface area contributed by atoms with Gasteiger partial charge in [0.25, 0.3) is 0 Å². The number of methoxy groups -OCH3 is 1. The van der Waals surface area contributed by atoms with Crippen molar-refractivity contribution in [2.45, 2.75) is 6.42 Å². The Hall–Kier alpha value is 0.270. The van der Waals surface area contributed by atoms with Crippen LogP contribution in [0.15, 0.2) is 0 Å². The smallest absolute Gasteiger partial charge is 0.0552 e. The van der Waals surface area contributed by atoms with Crippen molar-refractivity contribution >= 4 is 11.8 Å². The van der Waals surface area contributed by atoms with Crippen molar-refractivity contribution in [1.82, 2.24) is 0 Å². The molecule has 0 spiro atoms. The van der Waals surface area contributed by atoms with E-state index in [0.29, 0.717) is 6.61 Å². The van der Waals surface area contributed by atoms with Gasteiger partial charge in [0.1, 0.15) is 0 Å². The Balaban J connectivity index is 2.60. The lowest BCUT2D eigenvalue weighted by Gasteiger charge is -1.97. The largest absolute Gasteiger partial charge is 0.396 e. The summed E-state index contributed by atoms with van der Waals surface area (Å²) in [6.07, 6.45) is 0.897. The molecule has 0 amide bonds. The molecule has 56 valence electrons. The van der Waals surface area contributed by atoms with Gasteiger partial charge in [0, 0.05) is 19.5 Å². The van der Waals surface area contributed by atoms with Crippen LogP contribution in [-0.4, -0.2) is 36.9 Å². The highest BCUT2D eigenvalue weighted by Gasteiger charge is 1.86. The van der Waals surface area contributed by atoms with Crippen molar-refractivity contribution in [2.24, 2.45) is 0 Å². The lowest BCUT2D eigenvalue weighted by atomic mass is 10.5. The zero-order valence-corrected chi connectivity index (χ0v) is 6.62. The van der Waals surface area contributed by atoms with E-state index in [1.807, 2.05) is 11.8 Å². The summed E-state index contributed by atoms with van der Waals surface area (Å²) in [5.74, 6) is 2.08. The molecule has 0 aliphatic carbocycles. The minimum Gasteiger partial charge on any atom is -0.396 e. The van der Waals surface area contributed by atoms with Gasteiger partial charge in [-0.25, -0.2) is 0 Å². The fourth-order valence-corrected chi connectivity index (χ4v) is 1.23. The molecule has 0 fully saturated rings. The highest BCUT2D eigenvalue weighted by Crippen LogP contribution is 2.00. The number of hydrogen-bond acceptors (Lipinski definition) is 3. The van der Waals surface area contributed by atoms with Crippen LogP contribution < -0.4 is 0 Å². The number of thioether (sulfide) groups is 1. The summed E-state index contributed by atoms with van der Waals surface area (Å²) in [6.45, 7) is 1.12. The first-order chi connectivity index (χ1) is 4.41. The van der Waals surface area contributed by atoms with Gasteiger partial charge in [-0.3, -0.25) is 0 Å². The third kappa shape index (κ3) is 8.27. The molecular formula is C6H14O2S. The zero-order valence-electron chi connectivity index (χ0n) is 5.80. The number of hydrogen-bond donors (Lipinski definition) is 1. The Bertz CT molecular complexity index is 44.3. The second-order valence-corrected chi connectivity index (χ2v) is 2.91. The molecule has 0 saturated carbocycles. The second-order valence-electron chi connectivity index (χ2n) is 1.68. The minimum atomic E-state index is 0.306. The van der Waals surface area contributed by atoms with Crippen LogP contribution in [0.4, 0.5) is 0 Å². The molecule has 0 atom stereocenters. The molecule has 0 rings (SSSR count). The summed E-state index contributed by atoms with van der Waals surface area (Å²) in [4.78, 5) is 0. The lowest BCUT2D eigenvalue weighted by molar-refractivity contribution is 0.218. The Morgan fingerprint density at radius 2 is 2.22 bits per heavy atom. The van der Waals surface area contributed by atoms with E-state index < -0.39 is 0 Å². The molecule has 1 N–H and O–H groups in total. The molecule has 0 heterocycles. The van der Waals surface area contributed by atoms with Crippen molar-refractivity contribution < 1.29 is 9.84 Å². The maximum Gasteiger partial charge on any atom is 0.0552 e. The fourth-order valence-electron chi connectivity index (χ4n) is 0.411. The first kappa shape index (κ1) is 9.27. The van der Waals surface area contributed by atoms with Gasteiger partial charge in [-0.15, -0.1) is 0 Å². The van der Waals surface area contributed by atoms with E-state index in [1.54, 1.807) is 7.11 Å². The van der Waals surface area contributed by atoms with Crippen LogP contribution in [0.25, 0.3) is 0 Å². The second kappa shape index (κ2) is 8.27. The molecule has 0 aliphatic heterocycles. The maximum atomic E-state index is 8.38. The average Bonchev–Trinajstić information content (AvgIpc) is 1.89. The summed E-state index contributed by atoms with van der Waals surface area (Å²) in [7, 11) is 1.70. The third-order valence-electron chi connectivity index (χ3n) is 0.879. The summed E-state index contributed by atoms with van der Waals surface area (Å²) in [5.41, 5.74) is 0. The Morgan fingerprint density at radius 1 is 1.44 bits per heavy atom. The Kier molecular flexibility index (Phi) is 8.52. The Morgan fingerprint density at radius 3 is 2.78 bits per heavy atom. The molecule has 0 unspecified atom stereocenters. The van der Waals surface area contributed by atoms with Crippen LogP contribution in [0.3, 0.4) is 0 Å². The molecule has 9 heavy (non-hydrogen) atoms. The fraction of sp³-hybridized carbons (Fsp3) is 1.00. The van der Waals surface area contributed by atoms with Gasteiger partial charge in [0.2, 0.25) is 0 Å². The van der Waals surface area contributed by atoms with E-state index in [0.717, 1.165) is 24.5 Å². The molecule has 0 radical (unpaired) electrons. The monoisotopic (exact) mass is 150 g/mol.